The number of nitrogens with zero attached hydrogens (tertiary/aromatic N) is 2. The van der Waals surface area contributed by atoms with Crippen LogP contribution in [0.25, 0.3) is 0 Å². The van der Waals surface area contributed by atoms with Crippen LogP contribution in [0.5, 0.6) is 0 Å². The van der Waals surface area contributed by atoms with Gasteiger partial charge in [-0.2, -0.15) is 0 Å². The van der Waals surface area contributed by atoms with Crippen molar-refractivity contribution in [1.29, 1.82) is 0 Å². The van der Waals surface area contributed by atoms with Crippen LogP contribution in [0.3, 0.4) is 0 Å². The zero-order valence-corrected chi connectivity index (χ0v) is 10.2. The summed E-state index contributed by atoms with van der Waals surface area (Å²) in [4.78, 5) is 14.2. The zero-order valence-electron chi connectivity index (χ0n) is 9.49. The van der Waals surface area contributed by atoms with Crippen LogP contribution in [-0.4, -0.2) is 9.91 Å². The minimum atomic E-state index is -0.434. The van der Waals surface area contributed by atoms with E-state index in [1.165, 1.54) is 12.4 Å². The molecule has 0 fully saturated rings. The van der Waals surface area contributed by atoms with Crippen molar-refractivity contribution in [1.82, 2.24) is 4.98 Å². The maximum absolute atomic E-state index is 10.9. The molecule has 1 unspecified atom stereocenters. The smallest absolute Gasteiger partial charge is 0.258 e. The van der Waals surface area contributed by atoms with Crippen LogP contribution in [0.4, 0.5) is 5.69 Å². The van der Waals surface area contributed by atoms with Crippen LogP contribution in [-0.2, 0) is 6.42 Å². The largest absolute Gasteiger partial charge is 0.290 e. The molecule has 0 amide bonds. The highest BCUT2D eigenvalue weighted by molar-refractivity contribution is 6.20. The highest BCUT2D eigenvalue weighted by Crippen LogP contribution is 2.28. The molecule has 92 valence electrons. The summed E-state index contributed by atoms with van der Waals surface area (Å²) in [6, 6.07) is 11.1. The van der Waals surface area contributed by atoms with Crippen molar-refractivity contribution in [2.75, 3.05) is 0 Å². The lowest BCUT2D eigenvalue weighted by molar-refractivity contribution is -0.385. The van der Waals surface area contributed by atoms with E-state index in [-0.39, 0.29) is 11.1 Å². The van der Waals surface area contributed by atoms with Gasteiger partial charge in [0.1, 0.15) is 6.20 Å². The van der Waals surface area contributed by atoms with E-state index in [0.717, 1.165) is 5.56 Å². The lowest BCUT2D eigenvalue weighted by atomic mass is 10.0. The summed E-state index contributed by atoms with van der Waals surface area (Å²) in [7, 11) is 0. The molecule has 2 rings (SSSR count). The van der Waals surface area contributed by atoms with Gasteiger partial charge in [-0.1, -0.05) is 30.3 Å². The molecule has 0 aliphatic heterocycles. The van der Waals surface area contributed by atoms with E-state index >= 15 is 0 Å². The van der Waals surface area contributed by atoms with E-state index in [0.29, 0.717) is 12.0 Å². The number of alkyl halides is 1. The fourth-order valence-corrected chi connectivity index (χ4v) is 2.04. The second-order valence-corrected chi connectivity index (χ2v) is 4.37. The summed E-state index contributed by atoms with van der Waals surface area (Å²) < 4.78 is 0. The van der Waals surface area contributed by atoms with Gasteiger partial charge in [0, 0.05) is 11.8 Å². The SMILES string of the molecule is O=[N+]([O-])c1cnccc1CC(Cl)c1ccccc1. The van der Waals surface area contributed by atoms with E-state index in [1.54, 1.807) is 6.07 Å². The number of halogens is 1. The number of pyridine rings is 1. The van der Waals surface area contributed by atoms with E-state index in [1.807, 2.05) is 30.3 Å². The number of nitro groups is 1. The maximum atomic E-state index is 10.9. The van der Waals surface area contributed by atoms with Gasteiger partial charge in [-0.3, -0.25) is 15.1 Å². The van der Waals surface area contributed by atoms with Crippen LogP contribution in [0.1, 0.15) is 16.5 Å². The Balaban J connectivity index is 2.22. The minimum Gasteiger partial charge on any atom is -0.258 e. The molecule has 0 aliphatic carbocycles. The molecule has 2 aromatic rings. The molecule has 5 heteroatoms. The first kappa shape index (κ1) is 12.5. The van der Waals surface area contributed by atoms with E-state index in [9.17, 15) is 10.1 Å². The van der Waals surface area contributed by atoms with Gasteiger partial charge in [-0.15, -0.1) is 11.6 Å². The molecule has 0 N–H and O–H groups in total. The van der Waals surface area contributed by atoms with Gasteiger partial charge in [-0.05, 0) is 18.1 Å². The molecular weight excluding hydrogens is 252 g/mol. The summed E-state index contributed by atoms with van der Waals surface area (Å²) >= 11 is 6.27. The first-order chi connectivity index (χ1) is 8.68. The van der Waals surface area contributed by atoms with E-state index in [4.69, 9.17) is 11.6 Å². The van der Waals surface area contributed by atoms with Gasteiger partial charge in [0.15, 0.2) is 0 Å². The Hall–Kier alpha value is -1.94. The number of aromatic nitrogens is 1. The van der Waals surface area contributed by atoms with Crippen molar-refractivity contribution in [3.8, 4) is 0 Å². The number of hydrogen-bond donors (Lipinski definition) is 0. The van der Waals surface area contributed by atoms with Gasteiger partial charge < -0.3 is 0 Å². The predicted octanol–water partition coefficient (Wildman–Crippen LogP) is 3.51. The summed E-state index contributed by atoms with van der Waals surface area (Å²) in [5.41, 5.74) is 1.56. The molecule has 1 aromatic carbocycles. The third kappa shape index (κ3) is 2.84. The Labute approximate surface area is 109 Å². The van der Waals surface area contributed by atoms with Crippen LogP contribution < -0.4 is 0 Å². The molecule has 1 atom stereocenters. The second-order valence-electron chi connectivity index (χ2n) is 3.84. The highest BCUT2D eigenvalue weighted by Gasteiger charge is 2.17. The third-order valence-electron chi connectivity index (χ3n) is 2.64. The van der Waals surface area contributed by atoms with Crippen molar-refractivity contribution < 1.29 is 4.92 Å². The number of benzene rings is 1. The standard InChI is InChI=1S/C13H11ClN2O2/c14-12(10-4-2-1-3-5-10)8-11-6-7-15-9-13(11)16(17)18/h1-7,9,12H,8H2. The first-order valence-corrected chi connectivity index (χ1v) is 5.88. The molecule has 1 heterocycles. The predicted molar refractivity (Wildman–Crippen MR) is 69.6 cm³/mol. The quantitative estimate of drug-likeness (QED) is 0.481. The van der Waals surface area contributed by atoms with Crippen molar-refractivity contribution >= 4 is 17.3 Å². The average molecular weight is 263 g/mol. The van der Waals surface area contributed by atoms with Gasteiger partial charge in [0.25, 0.3) is 5.69 Å². The molecule has 0 radical (unpaired) electrons. The van der Waals surface area contributed by atoms with Gasteiger partial charge in [0.2, 0.25) is 0 Å². The first-order valence-electron chi connectivity index (χ1n) is 5.45. The van der Waals surface area contributed by atoms with Crippen molar-refractivity contribution in [2.24, 2.45) is 0 Å². The highest BCUT2D eigenvalue weighted by atomic mass is 35.5. The lowest BCUT2D eigenvalue weighted by Crippen LogP contribution is -2.00. The fraction of sp³-hybridized carbons (Fsp3) is 0.154. The van der Waals surface area contributed by atoms with Crippen molar-refractivity contribution in [3.05, 3.63) is 70.0 Å². The van der Waals surface area contributed by atoms with Crippen LogP contribution in [0, 0.1) is 10.1 Å². The molecular formula is C13H11ClN2O2. The molecule has 0 bridgehead atoms. The molecule has 0 saturated heterocycles. The van der Waals surface area contributed by atoms with Gasteiger partial charge in [-0.25, -0.2) is 0 Å². The second kappa shape index (κ2) is 5.60. The Bertz CT molecular complexity index is 546. The monoisotopic (exact) mass is 262 g/mol. The van der Waals surface area contributed by atoms with Crippen LogP contribution in [0.2, 0.25) is 0 Å². The van der Waals surface area contributed by atoms with E-state index < -0.39 is 4.92 Å². The molecule has 18 heavy (non-hydrogen) atoms. The minimum absolute atomic E-state index is 0.0130. The Morgan fingerprint density at radius 3 is 2.67 bits per heavy atom. The average Bonchev–Trinajstić information content (AvgIpc) is 2.40. The molecule has 4 nitrogen and oxygen atoms in total. The van der Waals surface area contributed by atoms with Crippen molar-refractivity contribution in [3.63, 3.8) is 0 Å². The lowest BCUT2D eigenvalue weighted by Gasteiger charge is -2.09. The molecule has 0 spiro atoms. The summed E-state index contributed by atoms with van der Waals surface area (Å²) in [5.74, 6) is 0. The van der Waals surface area contributed by atoms with Gasteiger partial charge in [0.05, 0.1) is 10.3 Å². The normalized spacial score (nSPS) is 12.1. The summed E-state index contributed by atoms with van der Waals surface area (Å²) in [5, 5.41) is 10.6. The fourth-order valence-electron chi connectivity index (χ4n) is 1.72. The topological polar surface area (TPSA) is 56.0 Å². The Kier molecular flexibility index (Phi) is 3.89. The third-order valence-corrected chi connectivity index (χ3v) is 3.05. The Morgan fingerprint density at radius 2 is 2.00 bits per heavy atom. The number of hydrogen-bond acceptors (Lipinski definition) is 3. The van der Waals surface area contributed by atoms with Crippen LogP contribution in [0.15, 0.2) is 48.8 Å². The van der Waals surface area contributed by atoms with Crippen molar-refractivity contribution in [2.45, 2.75) is 11.8 Å². The molecule has 0 saturated carbocycles. The molecule has 0 aliphatic rings. The van der Waals surface area contributed by atoms with Gasteiger partial charge >= 0.3 is 0 Å². The van der Waals surface area contributed by atoms with E-state index in [2.05, 4.69) is 4.98 Å². The summed E-state index contributed by atoms with van der Waals surface area (Å²) in [6.45, 7) is 0. The Morgan fingerprint density at radius 1 is 1.28 bits per heavy atom. The maximum Gasteiger partial charge on any atom is 0.290 e. The number of rotatable bonds is 4. The molecule has 1 aromatic heterocycles. The van der Waals surface area contributed by atoms with Crippen LogP contribution >= 0.6 is 11.6 Å². The zero-order chi connectivity index (χ0) is 13.0. The summed E-state index contributed by atoms with van der Waals surface area (Å²) in [6.07, 6.45) is 3.20.